The summed E-state index contributed by atoms with van der Waals surface area (Å²) in [4.78, 5) is 8.56. The predicted octanol–water partition coefficient (Wildman–Crippen LogP) is 3.13. The van der Waals surface area contributed by atoms with Crippen molar-refractivity contribution in [3.8, 4) is 0 Å². The second kappa shape index (κ2) is 3.60. The van der Waals surface area contributed by atoms with Crippen molar-refractivity contribution in [2.45, 2.75) is 5.88 Å². The second-order valence-electron chi connectivity index (χ2n) is 2.63. The molecule has 0 saturated heterocycles. The molecule has 0 aliphatic heterocycles. The number of alkyl halides is 1. The first-order chi connectivity index (χ1) is 6.29. The van der Waals surface area contributed by atoms with E-state index in [0.717, 1.165) is 21.2 Å². The van der Waals surface area contributed by atoms with Crippen molar-refractivity contribution in [3.63, 3.8) is 0 Å². The van der Waals surface area contributed by atoms with Crippen molar-refractivity contribution in [2.24, 2.45) is 0 Å². The fourth-order valence-electron chi connectivity index (χ4n) is 1.09. The van der Waals surface area contributed by atoms with Crippen LogP contribution in [-0.4, -0.2) is 9.97 Å². The van der Waals surface area contributed by atoms with Crippen molar-refractivity contribution >= 4 is 38.6 Å². The van der Waals surface area contributed by atoms with Crippen molar-refractivity contribution in [1.82, 2.24) is 9.97 Å². The Balaban J connectivity index is 2.68. The van der Waals surface area contributed by atoms with Gasteiger partial charge in [0.05, 0.1) is 28.8 Å². The predicted molar refractivity (Wildman–Crippen MR) is 56.8 cm³/mol. The first-order valence-corrected chi connectivity index (χ1v) is 5.09. The van der Waals surface area contributed by atoms with Crippen molar-refractivity contribution in [3.05, 3.63) is 34.6 Å². The molecule has 0 radical (unpaired) electrons. The SMILES string of the molecule is ClCc1cnc2ccc(Br)cc2n1. The van der Waals surface area contributed by atoms with Crippen LogP contribution in [0.25, 0.3) is 11.0 Å². The molecule has 0 aliphatic rings. The average Bonchev–Trinajstić information content (AvgIpc) is 2.16. The van der Waals surface area contributed by atoms with E-state index in [1.807, 2.05) is 18.2 Å². The van der Waals surface area contributed by atoms with Gasteiger partial charge in [-0.25, -0.2) is 4.98 Å². The molecule has 0 amide bonds. The van der Waals surface area contributed by atoms with Crippen LogP contribution < -0.4 is 0 Å². The number of halogens is 2. The molecule has 0 N–H and O–H groups in total. The van der Waals surface area contributed by atoms with E-state index in [2.05, 4.69) is 25.9 Å². The number of nitrogens with zero attached hydrogens (tertiary/aromatic N) is 2. The van der Waals surface area contributed by atoms with Crippen LogP contribution in [0.4, 0.5) is 0 Å². The Bertz CT molecular complexity index is 445. The maximum Gasteiger partial charge on any atom is 0.0901 e. The lowest BCUT2D eigenvalue weighted by molar-refractivity contribution is 1.16. The largest absolute Gasteiger partial charge is 0.253 e. The molecule has 0 aliphatic carbocycles. The molecule has 2 nitrogen and oxygen atoms in total. The minimum Gasteiger partial charge on any atom is -0.253 e. The minimum absolute atomic E-state index is 0.398. The number of hydrogen-bond acceptors (Lipinski definition) is 2. The van der Waals surface area contributed by atoms with Gasteiger partial charge in [0.1, 0.15) is 0 Å². The number of hydrogen-bond donors (Lipinski definition) is 0. The molecule has 4 heteroatoms. The van der Waals surface area contributed by atoms with E-state index in [0.29, 0.717) is 5.88 Å². The summed E-state index contributed by atoms with van der Waals surface area (Å²) in [6, 6.07) is 5.79. The molecule has 0 spiro atoms. The highest BCUT2D eigenvalue weighted by molar-refractivity contribution is 9.10. The normalized spacial score (nSPS) is 10.6. The fraction of sp³-hybridized carbons (Fsp3) is 0.111. The molecular weight excluding hydrogens is 251 g/mol. The van der Waals surface area contributed by atoms with Crippen LogP contribution in [0, 0.1) is 0 Å². The molecular formula is C9H6BrClN2. The fourth-order valence-corrected chi connectivity index (χ4v) is 1.57. The topological polar surface area (TPSA) is 25.8 Å². The van der Waals surface area contributed by atoms with E-state index in [4.69, 9.17) is 11.6 Å². The molecule has 13 heavy (non-hydrogen) atoms. The Kier molecular flexibility index (Phi) is 2.47. The van der Waals surface area contributed by atoms with Gasteiger partial charge in [-0.05, 0) is 18.2 Å². The van der Waals surface area contributed by atoms with Gasteiger partial charge < -0.3 is 0 Å². The summed E-state index contributed by atoms with van der Waals surface area (Å²) in [5.74, 6) is 0.398. The van der Waals surface area contributed by atoms with Gasteiger partial charge in [-0.3, -0.25) is 4.98 Å². The standard InChI is InChI=1S/C9H6BrClN2/c10-6-1-2-8-9(3-6)13-7(4-11)5-12-8/h1-3,5H,4H2. The Morgan fingerprint density at radius 2 is 2.15 bits per heavy atom. The zero-order valence-electron chi connectivity index (χ0n) is 6.67. The van der Waals surface area contributed by atoms with Crippen LogP contribution in [0.1, 0.15) is 5.69 Å². The summed E-state index contributed by atoms with van der Waals surface area (Å²) >= 11 is 9.03. The molecule has 1 heterocycles. The summed E-state index contributed by atoms with van der Waals surface area (Å²) in [7, 11) is 0. The lowest BCUT2D eigenvalue weighted by Gasteiger charge is -1.98. The van der Waals surface area contributed by atoms with Crippen molar-refractivity contribution in [1.29, 1.82) is 0 Å². The monoisotopic (exact) mass is 256 g/mol. The maximum atomic E-state index is 5.65. The van der Waals surface area contributed by atoms with Crippen LogP contribution in [0.5, 0.6) is 0 Å². The zero-order chi connectivity index (χ0) is 9.26. The van der Waals surface area contributed by atoms with Gasteiger partial charge in [-0.2, -0.15) is 0 Å². The maximum absolute atomic E-state index is 5.65. The van der Waals surface area contributed by atoms with Gasteiger partial charge in [0.25, 0.3) is 0 Å². The molecule has 0 fully saturated rings. The third-order valence-electron chi connectivity index (χ3n) is 1.69. The van der Waals surface area contributed by atoms with E-state index >= 15 is 0 Å². The van der Waals surface area contributed by atoms with E-state index in [-0.39, 0.29) is 0 Å². The van der Waals surface area contributed by atoms with Crippen LogP contribution in [0.2, 0.25) is 0 Å². The zero-order valence-corrected chi connectivity index (χ0v) is 9.01. The Morgan fingerprint density at radius 3 is 2.92 bits per heavy atom. The highest BCUT2D eigenvalue weighted by Gasteiger charge is 1.98. The van der Waals surface area contributed by atoms with Crippen molar-refractivity contribution < 1.29 is 0 Å². The molecule has 0 bridgehead atoms. The van der Waals surface area contributed by atoms with Gasteiger partial charge in [0.15, 0.2) is 0 Å². The number of benzene rings is 1. The Morgan fingerprint density at radius 1 is 1.31 bits per heavy atom. The van der Waals surface area contributed by atoms with Crippen LogP contribution in [0.3, 0.4) is 0 Å². The quantitative estimate of drug-likeness (QED) is 0.734. The molecule has 2 aromatic rings. The van der Waals surface area contributed by atoms with E-state index in [1.165, 1.54) is 0 Å². The molecule has 1 aromatic heterocycles. The second-order valence-corrected chi connectivity index (χ2v) is 3.81. The van der Waals surface area contributed by atoms with Crippen LogP contribution >= 0.6 is 27.5 Å². The third-order valence-corrected chi connectivity index (χ3v) is 2.46. The van der Waals surface area contributed by atoms with Gasteiger partial charge in [0.2, 0.25) is 0 Å². The minimum atomic E-state index is 0.398. The summed E-state index contributed by atoms with van der Waals surface area (Å²) in [5.41, 5.74) is 2.55. The summed E-state index contributed by atoms with van der Waals surface area (Å²) < 4.78 is 1.00. The lowest BCUT2D eigenvalue weighted by Crippen LogP contribution is -1.89. The van der Waals surface area contributed by atoms with Crippen molar-refractivity contribution in [2.75, 3.05) is 0 Å². The first kappa shape index (κ1) is 8.91. The molecule has 0 atom stereocenters. The Hall–Kier alpha value is -0.670. The molecule has 2 rings (SSSR count). The smallest absolute Gasteiger partial charge is 0.0901 e. The van der Waals surface area contributed by atoms with E-state index in [9.17, 15) is 0 Å². The highest BCUT2D eigenvalue weighted by Crippen LogP contribution is 2.16. The molecule has 0 unspecified atom stereocenters. The third kappa shape index (κ3) is 1.81. The van der Waals surface area contributed by atoms with E-state index < -0.39 is 0 Å². The molecule has 1 aromatic carbocycles. The van der Waals surface area contributed by atoms with Gasteiger partial charge in [-0.1, -0.05) is 15.9 Å². The Labute approximate surface area is 89.1 Å². The summed E-state index contributed by atoms with van der Waals surface area (Å²) in [5, 5.41) is 0. The highest BCUT2D eigenvalue weighted by atomic mass is 79.9. The average molecular weight is 258 g/mol. The first-order valence-electron chi connectivity index (χ1n) is 3.77. The number of fused-ring (bicyclic) bond motifs is 1. The van der Waals surface area contributed by atoms with Crippen LogP contribution in [-0.2, 0) is 5.88 Å². The van der Waals surface area contributed by atoms with Gasteiger partial charge in [-0.15, -0.1) is 11.6 Å². The van der Waals surface area contributed by atoms with Gasteiger partial charge in [0, 0.05) is 4.47 Å². The molecule has 66 valence electrons. The number of aromatic nitrogens is 2. The van der Waals surface area contributed by atoms with E-state index in [1.54, 1.807) is 6.20 Å². The number of rotatable bonds is 1. The van der Waals surface area contributed by atoms with Crippen LogP contribution in [0.15, 0.2) is 28.9 Å². The molecule has 0 saturated carbocycles. The summed E-state index contributed by atoms with van der Waals surface area (Å²) in [6.45, 7) is 0. The van der Waals surface area contributed by atoms with Gasteiger partial charge >= 0.3 is 0 Å². The lowest BCUT2D eigenvalue weighted by atomic mass is 10.3. The summed E-state index contributed by atoms with van der Waals surface area (Å²) in [6.07, 6.45) is 1.70.